The summed E-state index contributed by atoms with van der Waals surface area (Å²) < 4.78 is 25.1. The second kappa shape index (κ2) is 9.47. The fourth-order valence-electron chi connectivity index (χ4n) is 2.58. The SMILES string of the molecule is CCOc1ccc(C(=O)Nc2ccc([C@@H]3CNCCO3)c(F)c2)cn1.Cl. The van der Waals surface area contributed by atoms with E-state index in [1.54, 1.807) is 24.3 Å². The summed E-state index contributed by atoms with van der Waals surface area (Å²) in [5, 5.41) is 5.83. The summed E-state index contributed by atoms with van der Waals surface area (Å²) in [5.74, 6) is -0.315. The van der Waals surface area contributed by atoms with Gasteiger partial charge in [-0.3, -0.25) is 4.79 Å². The highest BCUT2D eigenvalue weighted by atomic mass is 35.5. The van der Waals surface area contributed by atoms with Gasteiger partial charge in [0.15, 0.2) is 0 Å². The Labute approximate surface area is 157 Å². The van der Waals surface area contributed by atoms with E-state index in [1.165, 1.54) is 12.3 Å². The maximum absolute atomic E-state index is 14.3. The molecule has 2 N–H and O–H groups in total. The molecule has 2 heterocycles. The van der Waals surface area contributed by atoms with Gasteiger partial charge in [-0.2, -0.15) is 0 Å². The fraction of sp³-hybridized carbons (Fsp3) is 0.333. The summed E-state index contributed by atoms with van der Waals surface area (Å²) in [4.78, 5) is 16.3. The van der Waals surface area contributed by atoms with Gasteiger partial charge in [-0.05, 0) is 25.1 Å². The summed E-state index contributed by atoms with van der Waals surface area (Å²) in [6, 6.07) is 7.83. The van der Waals surface area contributed by atoms with Gasteiger partial charge >= 0.3 is 0 Å². The minimum absolute atomic E-state index is 0. The number of ether oxygens (including phenoxy) is 2. The van der Waals surface area contributed by atoms with Gasteiger partial charge in [0.2, 0.25) is 5.88 Å². The fourth-order valence-corrected chi connectivity index (χ4v) is 2.58. The van der Waals surface area contributed by atoms with Crippen LogP contribution in [0.15, 0.2) is 36.5 Å². The molecule has 1 aliphatic rings. The molecule has 0 unspecified atom stereocenters. The summed E-state index contributed by atoms with van der Waals surface area (Å²) >= 11 is 0. The maximum Gasteiger partial charge on any atom is 0.257 e. The van der Waals surface area contributed by atoms with Crippen LogP contribution in [0.5, 0.6) is 5.88 Å². The molecule has 1 amide bonds. The molecule has 1 aliphatic heterocycles. The molecule has 1 aromatic carbocycles. The first-order valence-corrected chi connectivity index (χ1v) is 8.19. The number of morpholine rings is 1. The van der Waals surface area contributed by atoms with Crippen molar-refractivity contribution in [3.8, 4) is 5.88 Å². The highest BCUT2D eigenvalue weighted by Gasteiger charge is 2.19. The molecule has 6 nitrogen and oxygen atoms in total. The number of halogens is 2. The van der Waals surface area contributed by atoms with Crippen LogP contribution in [0.1, 0.15) is 28.9 Å². The van der Waals surface area contributed by atoms with Gasteiger partial charge in [0.1, 0.15) is 5.82 Å². The lowest BCUT2D eigenvalue weighted by Crippen LogP contribution is -2.33. The molecular formula is C18H21ClFN3O3. The van der Waals surface area contributed by atoms with Crippen molar-refractivity contribution >= 4 is 24.0 Å². The van der Waals surface area contributed by atoms with Gasteiger partial charge < -0.3 is 20.1 Å². The topological polar surface area (TPSA) is 72.5 Å². The Morgan fingerprint density at radius 3 is 2.88 bits per heavy atom. The first-order valence-electron chi connectivity index (χ1n) is 8.19. The lowest BCUT2D eigenvalue weighted by atomic mass is 10.1. The molecule has 0 radical (unpaired) electrons. The molecule has 2 aromatic rings. The van der Waals surface area contributed by atoms with Gasteiger partial charge in [0, 0.05) is 36.6 Å². The standard InChI is InChI=1S/C18H20FN3O3.ClH/c1-2-24-17-6-3-12(10-21-17)18(23)22-13-4-5-14(15(19)9-13)16-11-20-7-8-25-16;/h3-6,9-10,16,20H,2,7-8,11H2,1H3,(H,22,23);1H/t16-;/m0./s1. The number of carbonyl (C=O) groups is 1. The molecule has 0 spiro atoms. The van der Waals surface area contributed by atoms with Crippen molar-refractivity contribution in [2.75, 3.05) is 31.6 Å². The Hall–Kier alpha value is -2.22. The molecule has 1 saturated heterocycles. The van der Waals surface area contributed by atoms with Crippen molar-refractivity contribution in [2.24, 2.45) is 0 Å². The number of nitrogens with one attached hydrogen (secondary N) is 2. The third-order valence-corrected chi connectivity index (χ3v) is 3.82. The van der Waals surface area contributed by atoms with E-state index in [1.807, 2.05) is 6.92 Å². The highest BCUT2D eigenvalue weighted by molar-refractivity contribution is 6.04. The Morgan fingerprint density at radius 1 is 1.42 bits per heavy atom. The van der Waals surface area contributed by atoms with Crippen molar-refractivity contribution in [1.29, 1.82) is 0 Å². The van der Waals surface area contributed by atoms with Gasteiger partial charge in [-0.15, -0.1) is 12.4 Å². The third-order valence-electron chi connectivity index (χ3n) is 3.82. The molecular weight excluding hydrogens is 361 g/mol. The summed E-state index contributed by atoms with van der Waals surface area (Å²) in [7, 11) is 0. The van der Waals surface area contributed by atoms with Gasteiger partial charge in [-0.1, -0.05) is 6.07 Å². The Kier molecular flexibility index (Phi) is 7.32. The van der Waals surface area contributed by atoms with E-state index >= 15 is 0 Å². The minimum Gasteiger partial charge on any atom is -0.478 e. The number of benzene rings is 1. The number of hydrogen-bond donors (Lipinski definition) is 2. The second-order valence-corrected chi connectivity index (χ2v) is 5.57. The van der Waals surface area contributed by atoms with E-state index in [2.05, 4.69) is 15.6 Å². The van der Waals surface area contributed by atoms with Gasteiger partial charge in [0.25, 0.3) is 5.91 Å². The highest BCUT2D eigenvalue weighted by Crippen LogP contribution is 2.24. The molecule has 140 valence electrons. The van der Waals surface area contributed by atoms with Crippen LogP contribution in [0, 0.1) is 5.82 Å². The number of pyridine rings is 1. The summed E-state index contributed by atoms with van der Waals surface area (Å²) in [6.07, 6.45) is 1.11. The average molecular weight is 382 g/mol. The van der Waals surface area contributed by atoms with Crippen LogP contribution in [0.3, 0.4) is 0 Å². The van der Waals surface area contributed by atoms with E-state index in [9.17, 15) is 9.18 Å². The predicted octanol–water partition coefficient (Wildman–Crippen LogP) is 2.95. The van der Waals surface area contributed by atoms with Crippen LogP contribution >= 0.6 is 12.4 Å². The van der Waals surface area contributed by atoms with E-state index in [4.69, 9.17) is 9.47 Å². The number of amides is 1. The molecule has 1 fully saturated rings. The Bertz CT molecular complexity index is 737. The molecule has 3 rings (SSSR count). The van der Waals surface area contributed by atoms with Crippen LogP contribution in [0.4, 0.5) is 10.1 Å². The van der Waals surface area contributed by atoms with E-state index in [0.29, 0.717) is 42.5 Å². The first-order chi connectivity index (χ1) is 12.2. The smallest absolute Gasteiger partial charge is 0.257 e. The summed E-state index contributed by atoms with van der Waals surface area (Å²) in [6.45, 7) is 4.25. The number of hydrogen-bond acceptors (Lipinski definition) is 5. The zero-order valence-corrected chi connectivity index (χ0v) is 15.1. The number of carbonyl (C=O) groups excluding carboxylic acids is 1. The average Bonchev–Trinajstić information content (AvgIpc) is 2.63. The lowest BCUT2D eigenvalue weighted by Gasteiger charge is -2.24. The van der Waals surface area contributed by atoms with Gasteiger partial charge in [-0.25, -0.2) is 9.37 Å². The van der Waals surface area contributed by atoms with Crippen molar-refractivity contribution in [1.82, 2.24) is 10.3 Å². The van der Waals surface area contributed by atoms with E-state index < -0.39 is 5.82 Å². The largest absolute Gasteiger partial charge is 0.478 e. The second-order valence-electron chi connectivity index (χ2n) is 5.57. The van der Waals surface area contributed by atoms with Crippen LogP contribution in [-0.4, -0.2) is 37.2 Å². The van der Waals surface area contributed by atoms with Crippen LogP contribution < -0.4 is 15.4 Å². The van der Waals surface area contributed by atoms with Gasteiger partial charge in [0.05, 0.1) is 24.9 Å². The first kappa shape index (κ1) is 20.1. The van der Waals surface area contributed by atoms with Crippen molar-refractivity contribution in [2.45, 2.75) is 13.0 Å². The van der Waals surface area contributed by atoms with Crippen LogP contribution in [-0.2, 0) is 4.74 Å². The number of nitrogens with zero attached hydrogens (tertiary/aromatic N) is 1. The molecule has 8 heteroatoms. The summed E-state index contributed by atoms with van der Waals surface area (Å²) in [5.41, 5.74) is 1.23. The Morgan fingerprint density at radius 2 is 2.27 bits per heavy atom. The molecule has 1 aromatic heterocycles. The number of rotatable bonds is 5. The zero-order valence-electron chi connectivity index (χ0n) is 14.3. The third kappa shape index (κ3) is 4.91. The maximum atomic E-state index is 14.3. The van der Waals surface area contributed by atoms with Crippen molar-refractivity contribution < 1.29 is 18.7 Å². The predicted molar refractivity (Wildman–Crippen MR) is 98.6 cm³/mol. The van der Waals surface area contributed by atoms with Crippen molar-refractivity contribution in [3.05, 3.63) is 53.5 Å². The zero-order chi connectivity index (χ0) is 17.6. The van der Waals surface area contributed by atoms with E-state index in [-0.39, 0.29) is 24.4 Å². The van der Waals surface area contributed by atoms with Crippen molar-refractivity contribution in [3.63, 3.8) is 0 Å². The number of aromatic nitrogens is 1. The molecule has 1 atom stereocenters. The molecule has 0 saturated carbocycles. The molecule has 26 heavy (non-hydrogen) atoms. The van der Waals surface area contributed by atoms with Crippen LogP contribution in [0.2, 0.25) is 0 Å². The minimum atomic E-state index is -0.406. The molecule has 0 bridgehead atoms. The molecule has 0 aliphatic carbocycles. The lowest BCUT2D eigenvalue weighted by molar-refractivity contribution is 0.0255. The number of anilines is 1. The quantitative estimate of drug-likeness (QED) is 0.833. The Balaban J connectivity index is 0.00000243. The monoisotopic (exact) mass is 381 g/mol. The normalized spacial score (nSPS) is 16.5. The van der Waals surface area contributed by atoms with E-state index in [0.717, 1.165) is 6.54 Å². The van der Waals surface area contributed by atoms with Crippen LogP contribution in [0.25, 0.3) is 0 Å².